The van der Waals surface area contributed by atoms with Crippen molar-refractivity contribution in [3.8, 4) is 39.6 Å². The van der Waals surface area contributed by atoms with Crippen LogP contribution in [-0.4, -0.2) is 25.3 Å². The van der Waals surface area contributed by atoms with Crippen LogP contribution in [0.15, 0.2) is 72.9 Å². The Morgan fingerprint density at radius 3 is 2.47 bits per heavy atom. The Balaban J connectivity index is 1.59. The van der Waals surface area contributed by atoms with Crippen LogP contribution in [0.1, 0.15) is 6.42 Å². The molecule has 1 aromatic heterocycles. The number of ether oxygens (including phenoxy) is 2. The molecule has 0 radical (unpaired) electrons. The van der Waals surface area contributed by atoms with Crippen molar-refractivity contribution in [1.29, 1.82) is 0 Å². The number of anilines is 1. The van der Waals surface area contributed by atoms with Crippen LogP contribution in [0, 0.1) is 0 Å². The van der Waals surface area contributed by atoms with E-state index in [2.05, 4.69) is 51.0 Å². The van der Waals surface area contributed by atoms with Crippen molar-refractivity contribution < 1.29 is 14.0 Å². The van der Waals surface area contributed by atoms with Gasteiger partial charge in [-0.3, -0.25) is 5.32 Å². The summed E-state index contributed by atoms with van der Waals surface area (Å²) in [4.78, 5) is 0. The Kier molecular flexibility index (Phi) is 5.50. The molecule has 0 unspecified atom stereocenters. The zero-order valence-corrected chi connectivity index (χ0v) is 18.9. The van der Waals surface area contributed by atoms with Gasteiger partial charge in [0.15, 0.2) is 0 Å². The number of rotatable bonds is 5. The molecule has 0 spiro atoms. The second kappa shape index (κ2) is 8.60. The van der Waals surface area contributed by atoms with Gasteiger partial charge in [0.25, 0.3) is 0 Å². The van der Waals surface area contributed by atoms with Crippen molar-refractivity contribution in [1.82, 2.24) is 4.57 Å². The van der Waals surface area contributed by atoms with Crippen LogP contribution >= 0.6 is 11.6 Å². The first-order valence-corrected chi connectivity index (χ1v) is 11.0. The number of methoxy groups -OCH3 is 2. The lowest BCUT2D eigenvalue weighted by atomic mass is 10.0. The monoisotopic (exact) mass is 446 g/mol. The minimum absolute atomic E-state index is 0.661. The molecule has 0 aliphatic carbocycles. The average Bonchev–Trinajstić information content (AvgIpc) is 3.23. The molecule has 4 aromatic rings. The first-order valence-electron chi connectivity index (χ1n) is 10.7. The molecule has 1 aliphatic rings. The lowest BCUT2D eigenvalue weighted by molar-refractivity contribution is -0.675. The zero-order chi connectivity index (χ0) is 22.1. The maximum atomic E-state index is 6.20. The minimum atomic E-state index is 0.661. The third-order valence-electron chi connectivity index (χ3n) is 5.87. The number of benzene rings is 3. The summed E-state index contributed by atoms with van der Waals surface area (Å²) in [6.07, 6.45) is 3.23. The Bertz CT molecular complexity index is 1260. The van der Waals surface area contributed by atoms with Gasteiger partial charge in [0.2, 0.25) is 0 Å². The van der Waals surface area contributed by atoms with Gasteiger partial charge in [0.05, 0.1) is 32.9 Å². The predicted octanol–water partition coefficient (Wildman–Crippen LogP) is 5.59. The maximum absolute atomic E-state index is 6.20. The van der Waals surface area contributed by atoms with Gasteiger partial charge in [-0.15, -0.1) is 0 Å². The Hall–Kier alpha value is -3.44. The number of aromatic nitrogens is 2. The molecule has 162 valence electrons. The van der Waals surface area contributed by atoms with Gasteiger partial charge in [-0.25, -0.2) is 9.13 Å². The Morgan fingerprint density at radius 2 is 1.69 bits per heavy atom. The standard InChI is InChI=1S/C26H24ClN3O2/c1-31-24-7-4-3-6-21(24)18-8-11-20(12-9-18)30-17-23(29-15-5-14-28-26(29)30)22-13-10-19(27)16-25(22)32-2/h3-4,6-13,16-17H,5,14-15H2,1-2H3/p+1. The molecule has 0 amide bonds. The number of nitrogens with one attached hydrogen (secondary N) is 1. The lowest BCUT2D eigenvalue weighted by Crippen LogP contribution is -2.43. The molecular formula is C26H25ClN3O2+. The van der Waals surface area contributed by atoms with Gasteiger partial charge in [0, 0.05) is 17.0 Å². The van der Waals surface area contributed by atoms with Crippen LogP contribution < -0.4 is 19.4 Å². The van der Waals surface area contributed by atoms with Gasteiger partial charge in [-0.1, -0.05) is 41.9 Å². The molecule has 32 heavy (non-hydrogen) atoms. The number of hydrogen-bond acceptors (Lipinski definition) is 3. The maximum Gasteiger partial charge on any atom is 0.362 e. The quantitative estimate of drug-likeness (QED) is 0.406. The highest BCUT2D eigenvalue weighted by molar-refractivity contribution is 6.30. The highest BCUT2D eigenvalue weighted by Gasteiger charge is 2.28. The van der Waals surface area contributed by atoms with Crippen LogP contribution in [0.4, 0.5) is 5.95 Å². The summed E-state index contributed by atoms with van der Waals surface area (Å²) in [5, 5.41) is 4.23. The van der Waals surface area contributed by atoms with Crippen LogP contribution in [0.2, 0.25) is 5.02 Å². The number of hydrogen-bond donors (Lipinski definition) is 1. The van der Waals surface area contributed by atoms with Gasteiger partial charge in [0.1, 0.15) is 29.1 Å². The molecule has 0 bridgehead atoms. The van der Waals surface area contributed by atoms with E-state index in [1.54, 1.807) is 14.2 Å². The van der Waals surface area contributed by atoms with Crippen LogP contribution in [-0.2, 0) is 6.54 Å². The SMILES string of the molecule is COc1ccccc1-c1ccc(-n2cc(-c3ccc(Cl)cc3OC)[n+]3c2NCCC3)cc1. The minimum Gasteiger partial charge on any atom is -0.496 e. The fourth-order valence-electron chi connectivity index (χ4n) is 4.31. The molecule has 5 nitrogen and oxygen atoms in total. The third-order valence-corrected chi connectivity index (χ3v) is 6.11. The molecule has 0 saturated carbocycles. The van der Waals surface area contributed by atoms with E-state index in [9.17, 15) is 0 Å². The van der Waals surface area contributed by atoms with Crippen LogP contribution in [0.3, 0.4) is 0 Å². The van der Waals surface area contributed by atoms with Crippen molar-refractivity contribution in [3.63, 3.8) is 0 Å². The van der Waals surface area contributed by atoms with E-state index in [1.807, 2.05) is 36.4 Å². The van der Waals surface area contributed by atoms with Crippen LogP contribution in [0.25, 0.3) is 28.1 Å². The zero-order valence-electron chi connectivity index (χ0n) is 18.1. The molecule has 1 aliphatic heterocycles. The number of halogens is 1. The van der Waals surface area contributed by atoms with Gasteiger partial charge < -0.3 is 9.47 Å². The van der Waals surface area contributed by atoms with Crippen molar-refractivity contribution in [2.24, 2.45) is 0 Å². The first kappa shape index (κ1) is 20.5. The largest absolute Gasteiger partial charge is 0.496 e. The molecule has 2 heterocycles. The molecule has 0 atom stereocenters. The number of para-hydroxylation sites is 1. The summed E-state index contributed by atoms with van der Waals surface area (Å²) in [5.41, 5.74) is 5.39. The molecule has 1 N–H and O–H groups in total. The van der Waals surface area contributed by atoms with Gasteiger partial charge in [-0.05, 0) is 42.0 Å². The van der Waals surface area contributed by atoms with E-state index in [0.717, 1.165) is 65.0 Å². The average molecular weight is 447 g/mol. The molecule has 0 fully saturated rings. The molecule has 6 heteroatoms. The van der Waals surface area contributed by atoms with Crippen LogP contribution in [0.5, 0.6) is 11.5 Å². The highest BCUT2D eigenvalue weighted by Crippen LogP contribution is 2.34. The van der Waals surface area contributed by atoms with E-state index in [-0.39, 0.29) is 0 Å². The highest BCUT2D eigenvalue weighted by atomic mass is 35.5. The topological polar surface area (TPSA) is 39.3 Å². The van der Waals surface area contributed by atoms with E-state index in [0.29, 0.717) is 5.02 Å². The van der Waals surface area contributed by atoms with Gasteiger partial charge >= 0.3 is 5.95 Å². The molecule has 5 rings (SSSR count). The van der Waals surface area contributed by atoms with Crippen molar-refractivity contribution in [2.45, 2.75) is 13.0 Å². The summed E-state index contributed by atoms with van der Waals surface area (Å²) in [6.45, 7) is 1.89. The fraction of sp³-hybridized carbons (Fsp3) is 0.192. The number of nitrogens with zero attached hydrogens (tertiary/aromatic N) is 2. The number of imidazole rings is 1. The molecule has 3 aromatic carbocycles. The smallest absolute Gasteiger partial charge is 0.362 e. The van der Waals surface area contributed by atoms with Crippen molar-refractivity contribution in [2.75, 3.05) is 26.1 Å². The van der Waals surface area contributed by atoms with E-state index in [4.69, 9.17) is 21.1 Å². The summed E-state index contributed by atoms with van der Waals surface area (Å²) in [7, 11) is 3.38. The fourth-order valence-corrected chi connectivity index (χ4v) is 4.48. The summed E-state index contributed by atoms with van der Waals surface area (Å²) in [5.74, 6) is 2.70. The lowest BCUT2D eigenvalue weighted by Gasteiger charge is -2.14. The Morgan fingerprint density at radius 1 is 0.906 bits per heavy atom. The normalized spacial score (nSPS) is 12.7. The van der Waals surface area contributed by atoms with E-state index >= 15 is 0 Å². The van der Waals surface area contributed by atoms with Crippen molar-refractivity contribution in [3.05, 3.63) is 77.9 Å². The second-order valence-corrected chi connectivity index (χ2v) is 8.17. The molecular weight excluding hydrogens is 422 g/mol. The van der Waals surface area contributed by atoms with Crippen molar-refractivity contribution >= 4 is 17.5 Å². The Labute approximate surface area is 192 Å². The second-order valence-electron chi connectivity index (χ2n) is 7.73. The van der Waals surface area contributed by atoms with E-state index < -0.39 is 0 Å². The predicted molar refractivity (Wildman–Crippen MR) is 128 cm³/mol. The summed E-state index contributed by atoms with van der Waals surface area (Å²) >= 11 is 6.20. The summed E-state index contributed by atoms with van der Waals surface area (Å²) in [6, 6.07) is 22.4. The third kappa shape index (κ3) is 3.59. The first-order chi connectivity index (χ1) is 15.7. The van der Waals surface area contributed by atoms with Gasteiger partial charge in [-0.2, -0.15) is 0 Å². The molecule has 0 saturated heterocycles. The summed E-state index contributed by atoms with van der Waals surface area (Å²) < 4.78 is 15.7. The number of fused-ring (bicyclic) bond motifs is 1. The van der Waals surface area contributed by atoms with E-state index in [1.165, 1.54) is 0 Å².